The molecule has 3 aromatic rings. The predicted molar refractivity (Wildman–Crippen MR) is 81.4 cm³/mol. The maximum Gasteiger partial charge on any atom is 0.165 e. The van der Waals surface area contributed by atoms with Crippen LogP contribution in [0, 0.1) is 11.6 Å². The number of phenolic OH excluding ortho intramolecular Hbond substituents is 1. The van der Waals surface area contributed by atoms with Gasteiger partial charge in [0.25, 0.3) is 0 Å². The number of benzene rings is 3. The van der Waals surface area contributed by atoms with Gasteiger partial charge in [-0.3, -0.25) is 4.79 Å². The molecule has 3 aromatic carbocycles. The van der Waals surface area contributed by atoms with Crippen molar-refractivity contribution in [2.75, 3.05) is 0 Å². The number of hydrogen-bond donors (Lipinski definition) is 1. The Balaban J connectivity index is 2.25. The highest BCUT2D eigenvalue weighted by Gasteiger charge is 2.13. The van der Waals surface area contributed by atoms with Gasteiger partial charge in [0.1, 0.15) is 5.82 Å². The lowest BCUT2D eigenvalue weighted by atomic mass is 9.99. The van der Waals surface area contributed by atoms with Crippen LogP contribution in [0.4, 0.5) is 8.78 Å². The fourth-order valence-corrected chi connectivity index (χ4v) is 2.64. The van der Waals surface area contributed by atoms with Gasteiger partial charge in [0.15, 0.2) is 17.9 Å². The summed E-state index contributed by atoms with van der Waals surface area (Å²) >= 11 is 6.03. The third-order valence-corrected chi connectivity index (χ3v) is 3.85. The van der Waals surface area contributed by atoms with Crippen molar-refractivity contribution < 1.29 is 18.7 Å². The SMILES string of the molecule is O=Cc1ccc2cc(-c3ccc(O)c(F)c3)cc(F)c2c1Cl. The fourth-order valence-electron chi connectivity index (χ4n) is 2.33. The van der Waals surface area contributed by atoms with E-state index in [-0.39, 0.29) is 16.0 Å². The minimum Gasteiger partial charge on any atom is -0.505 e. The summed E-state index contributed by atoms with van der Waals surface area (Å²) in [7, 11) is 0. The molecule has 22 heavy (non-hydrogen) atoms. The molecular formula is C17H9ClF2O2. The van der Waals surface area contributed by atoms with E-state index in [0.717, 1.165) is 6.07 Å². The van der Waals surface area contributed by atoms with Gasteiger partial charge in [-0.1, -0.05) is 23.7 Å². The molecule has 110 valence electrons. The summed E-state index contributed by atoms with van der Waals surface area (Å²) in [4.78, 5) is 10.9. The van der Waals surface area contributed by atoms with Crippen molar-refractivity contribution in [2.45, 2.75) is 0 Å². The second kappa shape index (κ2) is 5.39. The molecule has 0 radical (unpaired) electrons. The maximum absolute atomic E-state index is 14.3. The Hall–Kier alpha value is -2.46. The molecule has 0 aliphatic rings. The van der Waals surface area contributed by atoms with Crippen molar-refractivity contribution in [3.63, 3.8) is 0 Å². The Bertz CT molecular complexity index is 907. The molecule has 1 N–H and O–H groups in total. The quantitative estimate of drug-likeness (QED) is 0.678. The Morgan fingerprint density at radius 1 is 0.955 bits per heavy atom. The van der Waals surface area contributed by atoms with Crippen LogP contribution in [0.15, 0.2) is 42.5 Å². The molecule has 2 nitrogen and oxygen atoms in total. The second-order valence-corrected chi connectivity index (χ2v) is 5.19. The van der Waals surface area contributed by atoms with E-state index in [2.05, 4.69) is 0 Å². The minimum atomic E-state index is -0.785. The van der Waals surface area contributed by atoms with Crippen molar-refractivity contribution in [3.8, 4) is 16.9 Å². The smallest absolute Gasteiger partial charge is 0.165 e. The third kappa shape index (κ3) is 2.31. The molecule has 0 saturated carbocycles. The van der Waals surface area contributed by atoms with Gasteiger partial charge in [-0.05, 0) is 46.8 Å². The van der Waals surface area contributed by atoms with E-state index < -0.39 is 17.4 Å². The van der Waals surface area contributed by atoms with Crippen LogP contribution < -0.4 is 0 Å². The molecule has 0 atom stereocenters. The fraction of sp³-hybridized carbons (Fsp3) is 0. The van der Waals surface area contributed by atoms with Crippen LogP contribution in [0.25, 0.3) is 21.9 Å². The lowest BCUT2D eigenvalue weighted by Gasteiger charge is -2.09. The van der Waals surface area contributed by atoms with Crippen LogP contribution in [0.5, 0.6) is 5.75 Å². The zero-order valence-electron chi connectivity index (χ0n) is 11.1. The van der Waals surface area contributed by atoms with Gasteiger partial charge >= 0.3 is 0 Å². The molecule has 0 aromatic heterocycles. The van der Waals surface area contributed by atoms with Gasteiger partial charge < -0.3 is 5.11 Å². The Morgan fingerprint density at radius 3 is 2.36 bits per heavy atom. The van der Waals surface area contributed by atoms with E-state index in [1.165, 1.54) is 24.3 Å². The van der Waals surface area contributed by atoms with Gasteiger partial charge in [-0.25, -0.2) is 8.78 Å². The summed E-state index contributed by atoms with van der Waals surface area (Å²) in [6.07, 6.45) is 0.560. The van der Waals surface area contributed by atoms with Gasteiger partial charge in [-0.15, -0.1) is 0 Å². The lowest BCUT2D eigenvalue weighted by molar-refractivity contribution is 0.112. The molecule has 0 aliphatic heterocycles. The van der Waals surface area contributed by atoms with Crippen molar-refractivity contribution in [1.82, 2.24) is 0 Å². The largest absolute Gasteiger partial charge is 0.505 e. The minimum absolute atomic E-state index is 0.0495. The summed E-state index contributed by atoms with van der Waals surface area (Å²) in [6, 6.07) is 9.75. The highest BCUT2D eigenvalue weighted by molar-refractivity contribution is 6.38. The topological polar surface area (TPSA) is 37.3 Å². The third-order valence-electron chi connectivity index (χ3n) is 3.44. The molecule has 0 unspecified atom stereocenters. The standard InChI is InChI=1S/C17H9ClF2O2/c18-17-11(8-21)2-1-10-5-12(7-14(20)16(10)17)9-3-4-15(22)13(19)6-9/h1-8,22H. The highest BCUT2D eigenvalue weighted by atomic mass is 35.5. The number of halogens is 3. The molecule has 0 saturated heterocycles. The van der Waals surface area contributed by atoms with Gasteiger partial charge in [0.05, 0.1) is 5.02 Å². The van der Waals surface area contributed by atoms with Crippen LogP contribution in [-0.2, 0) is 0 Å². The normalized spacial score (nSPS) is 10.9. The summed E-state index contributed by atoms with van der Waals surface area (Å²) in [5.74, 6) is -1.86. The lowest BCUT2D eigenvalue weighted by Crippen LogP contribution is -1.90. The number of rotatable bonds is 2. The average molecular weight is 319 g/mol. The van der Waals surface area contributed by atoms with E-state index in [1.54, 1.807) is 12.1 Å². The van der Waals surface area contributed by atoms with Crippen molar-refractivity contribution >= 4 is 28.7 Å². The maximum atomic E-state index is 14.3. The monoisotopic (exact) mass is 318 g/mol. The Kier molecular flexibility index (Phi) is 3.54. The van der Waals surface area contributed by atoms with E-state index in [0.29, 0.717) is 22.8 Å². The van der Waals surface area contributed by atoms with E-state index >= 15 is 0 Å². The summed E-state index contributed by atoms with van der Waals surface area (Å²) in [5, 5.41) is 9.91. The Labute approximate surface area is 129 Å². The number of aldehydes is 1. The molecule has 5 heteroatoms. The molecule has 0 bridgehead atoms. The van der Waals surface area contributed by atoms with Crippen LogP contribution in [0.2, 0.25) is 5.02 Å². The number of fused-ring (bicyclic) bond motifs is 1. The predicted octanol–water partition coefficient (Wildman–Crippen LogP) is 4.96. The number of carbonyl (C=O) groups is 1. The first-order valence-corrected chi connectivity index (χ1v) is 6.75. The van der Waals surface area contributed by atoms with Gasteiger partial charge in [0.2, 0.25) is 0 Å². The van der Waals surface area contributed by atoms with Crippen LogP contribution in [0.3, 0.4) is 0 Å². The van der Waals surface area contributed by atoms with E-state index in [1.807, 2.05) is 0 Å². The first-order valence-electron chi connectivity index (χ1n) is 6.37. The zero-order chi connectivity index (χ0) is 15.9. The molecule has 0 spiro atoms. The van der Waals surface area contributed by atoms with E-state index in [4.69, 9.17) is 11.6 Å². The molecule has 0 fully saturated rings. The number of hydrogen-bond acceptors (Lipinski definition) is 2. The summed E-state index contributed by atoms with van der Waals surface area (Å²) in [6.45, 7) is 0. The number of carbonyl (C=O) groups excluding carboxylic acids is 1. The van der Waals surface area contributed by atoms with Crippen LogP contribution in [-0.4, -0.2) is 11.4 Å². The van der Waals surface area contributed by atoms with E-state index in [9.17, 15) is 18.7 Å². The molecule has 0 aliphatic carbocycles. The summed E-state index contributed by atoms with van der Waals surface area (Å²) < 4.78 is 27.8. The van der Waals surface area contributed by atoms with Crippen molar-refractivity contribution in [1.29, 1.82) is 0 Å². The first-order chi connectivity index (χ1) is 10.5. The first kappa shape index (κ1) is 14.5. The average Bonchev–Trinajstić information content (AvgIpc) is 2.50. The second-order valence-electron chi connectivity index (χ2n) is 4.81. The number of phenols is 1. The zero-order valence-corrected chi connectivity index (χ0v) is 11.9. The summed E-state index contributed by atoms with van der Waals surface area (Å²) in [5.41, 5.74) is 1.07. The van der Waals surface area contributed by atoms with Crippen molar-refractivity contribution in [3.05, 3.63) is 64.7 Å². The molecule has 0 heterocycles. The number of aromatic hydroxyl groups is 1. The highest BCUT2D eigenvalue weighted by Crippen LogP contribution is 2.33. The molecular weight excluding hydrogens is 310 g/mol. The Morgan fingerprint density at radius 2 is 1.68 bits per heavy atom. The molecule has 0 amide bonds. The van der Waals surface area contributed by atoms with Gasteiger partial charge in [0, 0.05) is 10.9 Å². The van der Waals surface area contributed by atoms with Crippen LogP contribution in [0.1, 0.15) is 10.4 Å². The van der Waals surface area contributed by atoms with Crippen LogP contribution >= 0.6 is 11.6 Å². The van der Waals surface area contributed by atoms with Gasteiger partial charge in [-0.2, -0.15) is 0 Å². The van der Waals surface area contributed by atoms with Crippen molar-refractivity contribution in [2.24, 2.45) is 0 Å². The molecule has 3 rings (SSSR count).